The van der Waals surface area contributed by atoms with E-state index in [2.05, 4.69) is 4.98 Å². The number of unbranched alkanes of at least 4 members (excludes halogenated alkanes) is 1. The zero-order chi connectivity index (χ0) is 17.0. The van der Waals surface area contributed by atoms with E-state index >= 15 is 0 Å². The lowest BCUT2D eigenvalue weighted by Gasteiger charge is -2.00. The maximum absolute atomic E-state index is 12.5. The standard InChI is InChI=1S/C19H19NO3S/c1-2-3-14-24(21,22)19-20-17(15-10-6-4-7-11-15)18(23-19)16-12-8-5-9-13-16/h4-13H,2-3,14H2,1H3. The van der Waals surface area contributed by atoms with Crippen molar-refractivity contribution in [3.63, 3.8) is 0 Å². The SMILES string of the molecule is CCCCS(=O)(=O)c1nc(-c2ccccc2)c(-c2ccccc2)o1. The third-order valence-electron chi connectivity index (χ3n) is 3.72. The van der Waals surface area contributed by atoms with Gasteiger partial charge < -0.3 is 4.42 Å². The molecule has 0 fully saturated rings. The lowest BCUT2D eigenvalue weighted by atomic mass is 10.1. The summed E-state index contributed by atoms with van der Waals surface area (Å²) in [4.78, 5) is 4.33. The highest BCUT2D eigenvalue weighted by Crippen LogP contribution is 2.34. The van der Waals surface area contributed by atoms with E-state index in [0.29, 0.717) is 17.9 Å². The van der Waals surface area contributed by atoms with Crippen LogP contribution in [0.15, 0.2) is 70.3 Å². The lowest BCUT2D eigenvalue weighted by Crippen LogP contribution is -2.06. The van der Waals surface area contributed by atoms with Crippen molar-refractivity contribution in [1.82, 2.24) is 4.98 Å². The zero-order valence-corrected chi connectivity index (χ0v) is 14.3. The number of nitrogens with zero attached hydrogens (tertiary/aromatic N) is 1. The van der Waals surface area contributed by atoms with Gasteiger partial charge in [0.25, 0.3) is 0 Å². The number of sulfone groups is 1. The van der Waals surface area contributed by atoms with Crippen molar-refractivity contribution >= 4 is 9.84 Å². The van der Waals surface area contributed by atoms with Gasteiger partial charge in [0.2, 0.25) is 9.84 Å². The summed E-state index contributed by atoms with van der Waals surface area (Å²) in [6.07, 6.45) is 1.39. The second-order valence-electron chi connectivity index (χ2n) is 5.56. The summed E-state index contributed by atoms with van der Waals surface area (Å²) in [5.41, 5.74) is 2.19. The van der Waals surface area contributed by atoms with Crippen molar-refractivity contribution in [2.75, 3.05) is 5.75 Å². The van der Waals surface area contributed by atoms with Crippen LogP contribution in [0.1, 0.15) is 19.8 Å². The van der Waals surface area contributed by atoms with E-state index in [1.807, 2.05) is 67.6 Å². The van der Waals surface area contributed by atoms with Crippen LogP contribution in [0.25, 0.3) is 22.6 Å². The zero-order valence-electron chi connectivity index (χ0n) is 13.5. The van der Waals surface area contributed by atoms with Gasteiger partial charge >= 0.3 is 5.22 Å². The Morgan fingerprint density at radius 2 is 1.50 bits per heavy atom. The van der Waals surface area contributed by atoms with Crippen LogP contribution in [-0.4, -0.2) is 19.2 Å². The quantitative estimate of drug-likeness (QED) is 0.658. The Labute approximate surface area is 142 Å². The van der Waals surface area contributed by atoms with Crippen LogP contribution < -0.4 is 0 Å². The van der Waals surface area contributed by atoms with Crippen LogP contribution in [0.4, 0.5) is 0 Å². The highest BCUT2D eigenvalue weighted by molar-refractivity contribution is 7.91. The minimum absolute atomic E-state index is 0.0481. The minimum atomic E-state index is -3.52. The molecule has 0 spiro atoms. The fourth-order valence-electron chi connectivity index (χ4n) is 2.43. The van der Waals surface area contributed by atoms with E-state index in [9.17, 15) is 8.42 Å². The van der Waals surface area contributed by atoms with Gasteiger partial charge in [-0.15, -0.1) is 0 Å². The number of aromatic nitrogens is 1. The minimum Gasteiger partial charge on any atom is -0.427 e. The van der Waals surface area contributed by atoms with Gasteiger partial charge in [-0.3, -0.25) is 0 Å². The first-order valence-electron chi connectivity index (χ1n) is 7.96. The first-order chi connectivity index (χ1) is 11.6. The van der Waals surface area contributed by atoms with Gasteiger partial charge in [0, 0.05) is 11.1 Å². The molecule has 0 N–H and O–H groups in total. The van der Waals surface area contributed by atoms with E-state index in [1.165, 1.54) is 0 Å². The summed E-state index contributed by atoms with van der Waals surface area (Å²) >= 11 is 0. The Morgan fingerprint density at radius 1 is 0.917 bits per heavy atom. The third kappa shape index (κ3) is 3.41. The number of hydrogen-bond acceptors (Lipinski definition) is 4. The van der Waals surface area contributed by atoms with Gasteiger partial charge in [0.05, 0.1) is 5.75 Å². The van der Waals surface area contributed by atoms with Gasteiger partial charge in [0.15, 0.2) is 5.76 Å². The Bertz CT molecular complexity index is 843. The van der Waals surface area contributed by atoms with Crippen molar-refractivity contribution in [3.8, 4) is 22.6 Å². The molecule has 1 aromatic heterocycles. The Balaban J connectivity index is 2.14. The smallest absolute Gasteiger partial charge is 0.316 e. The Hall–Kier alpha value is -2.40. The lowest BCUT2D eigenvalue weighted by molar-refractivity contribution is 0.439. The average Bonchev–Trinajstić information content (AvgIpc) is 3.08. The van der Waals surface area contributed by atoms with Crippen molar-refractivity contribution < 1.29 is 12.8 Å². The third-order valence-corrected chi connectivity index (χ3v) is 5.26. The highest BCUT2D eigenvalue weighted by atomic mass is 32.2. The van der Waals surface area contributed by atoms with Gasteiger partial charge in [-0.25, -0.2) is 8.42 Å². The van der Waals surface area contributed by atoms with Crippen LogP contribution >= 0.6 is 0 Å². The van der Waals surface area contributed by atoms with Crippen molar-refractivity contribution in [1.29, 1.82) is 0 Å². The number of oxazole rings is 1. The second kappa shape index (κ2) is 7.01. The molecule has 2 aromatic carbocycles. The highest BCUT2D eigenvalue weighted by Gasteiger charge is 2.25. The van der Waals surface area contributed by atoms with Crippen LogP contribution in [0.5, 0.6) is 0 Å². The molecule has 0 amide bonds. The maximum atomic E-state index is 12.5. The maximum Gasteiger partial charge on any atom is 0.316 e. The molecule has 0 aliphatic rings. The van der Waals surface area contributed by atoms with E-state index in [4.69, 9.17) is 4.42 Å². The van der Waals surface area contributed by atoms with Gasteiger partial charge in [-0.05, 0) is 6.42 Å². The van der Waals surface area contributed by atoms with E-state index < -0.39 is 9.84 Å². The Kier molecular flexibility index (Phi) is 4.81. The summed E-state index contributed by atoms with van der Waals surface area (Å²) in [7, 11) is -3.52. The summed E-state index contributed by atoms with van der Waals surface area (Å²) < 4.78 is 30.6. The summed E-state index contributed by atoms with van der Waals surface area (Å²) in [5, 5.41) is -0.200. The Morgan fingerprint density at radius 3 is 2.08 bits per heavy atom. The summed E-state index contributed by atoms with van der Waals surface area (Å²) in [6.45, 7) is 1.95. The molecule has 0 bridgehead atoms. The van der Waals surface area contributed by atoms with Crippen LogP contribution in [-0.2, 0) is 9.84 Å². The molecule has 4 nitrogen and oxygen atoms in total. The number of hydrogen-bond donors (Lipinski definition) is 0. The molecule has 3 aromatic rings. The molecule has 0 saturated carbocycles. The second-order valence-corrected chi connectivity index (χ2v) is 7.55. The average molecular weight is 341 g/mol. The molecular weight excluding hydrogens is 322 g/mol. The van der Waals surface area contributed by atoms with Crippen LogP contribution in [0, 0.1) is 0 Å². The van der Waals surface area contributed by atoms with Crippen molar-refractivity contribution in [3.05, 3.63) is 60.7 Å². The molecule has 0 aliphatic heterocycles. The van der Waals surface area contributed by atoms with Crippen molar-refractivity contribution in [2.45, 2.75) is 25.0 Å². The fourth-order valence-corrected chi connectivity index (χ4v) is 3.72. The van der Waals surface area contributed by atoms with Gasteiger partial charge in [0.1, 0.15) is 5.69 Å². The fraction of sp³-hybridized carbons (Fsp3) is 0.211. The normalized spacial score (nSPS) is 11.5. The molecule has 24 heavy (non-hydrogen) atoms. The monoisotopic (exact) mass is 341 g/mol. The molecule has 0 saturated heterocycles. The van der Waals surface area contributed by atoms with Crippen molar-refractivity contribution in [2.24, 2.45) is 0 Å². The van der Waals surface area contributed by atoms with E-state index in [-0.39, 0.29) is 11.0 Å². The molecule has 3 rings (SSSR count). The van der Waals surface area contributed by atoms with Crippen LogP contribution in [0.3, 0.4) is 0 Å². The summed E-state index contributed by atoms with van der Waals surface area (Å²) in [5.74, 6) is 0.531. The first-order valence-corrected chi connectivity index (χ1v) is 9.61. The first kappa shape index (κ1) is 16.5. The molecule has 1 heterocycles. The molecule has 0 radical (unpaired) electrons. The topological polar surface area (TPSA) is 60.2 Å². The summed E-state index contributed by atoms with van der Waals surface area (Å²) in [6, 6.07) is 18.9. The largest absolute Gasteiger partial charge is 0.427 e. The van der Waals surface area contributed by atoms with E-state index in [1.54, 1.807) is 0 Å². The molecular formula is C19H19NO3S. The van der Waals surface area contributed by atoms with E-state index in [0.717, 1.165) is 17.5 Å². The molecule has 0 unspecified atom stereocenters. The predicted molar refractivity (Wildman–Crippen MR) is 94.3 cm³/mol. The van der Waals surface area contributed by atoms with Crippen LogP contribution in [0.2, 0.25) is 0 Å². The number of rotatable bonds is 6. The molecule has 0 aliphatic carbocycles. The number of benzene rings is 2. The van der Waals surface area contributed by atoms with Gasteiger partial charge in [-0.2, -0.15) is 4.98 Å². The molecule has 5 heteroatoms. The van der Waals surface area contributed by atoms with Gasteiger partial charge in [-0.1, -0.05) is 74.0 Å². The molecule has 124 valence electrons. The molecule has 0 atom stereocenters. The predicted octanol–water partition coefficient (Wildman–Crippen LogP) is 4.58.